The lowest BCUT2D eigenvalue weighted by atomic mass is 10.3. The van der Waals surface area contributed by atoms with Crippen LogP contribution in [0.5, 0.6) is 0 Å². The van der Waals surface area contributed by atoms with Gasteiger partial charge in [0.25, 0.3) is 0 Å². The van der Waals surface area contributed by atoms with Crippen LogP contribution >= 0.6 is 0 Å². The summed E-state index contributed by atoms with van der Waals surface area (Å²) in [6.07, 6.45) is 21.2. The fraction of sp³-hybridized carbons (Fsp3) is 0.533. The van der Waals surface area contributed by atoms with Crippen molar-refractivity contribution in [1.29, 1.82) is 0 Å². The highest BCUT2D eigenvalue weighted by Crippen LogP contribution is 1.90. The normalized spacial score (nSPS) is 9.26. The van der Waals surface area contributed by atoms with E-state index in [2.05, 4.69) is 57.7 Å². The lowest BCUT2D eigenvalue weighted by Gasteiger charge is -1.90. The molecule has 0 aliphatic heterocycles. The van der Waals surface area contributed by atoms with Gasteiger partial charge in [0.05, 0.1) is 13.5 Å². The van der Waals surface area contributed by atoms with E-state index in [1.165, 1.54) is 26.9 Å². The van der Waals surface area contributed by atoms with Crippen LogP contribution in [0.4, 0.5) is 0 Å². The summed E-state index contributed by atoms with van der Waals surface area (Å²) >= 11 is 0. The first kappa shape index (κ1) is 42.3. The number of ether oxygens (including phenoxy) is 1. The third-order valence-electron chi connectivity index (χ3n) is 3.25. The van der Waals surface area contributed by atoms with E-state index >= 15 is 0 Å². The van der Waals surface area contributed by atoms with Crippen LogP contribution in [0.3, 0.4) is 0 Å². The minimum absolute atomic E-state index is 0.0890. The summed E-state index contributed by atoms with van der Waals surface area (Å²) in [6.45, 7) is 19.9. The molecule has 0 fully saturated rings. The van der Waals surface area contributed by atoms with E-state index in [-0.39, 0.29) is 29.7 Å². The Labute approximate surface area is 216 Å². The summed E-state index contributed by atoms with van der Waals surface area (Å²) < 4.78 is 4.38. The van der Waals surface area contributed by atoms with Gasteiger partial charge in [0, 0.05) is 19.3 Å². The fourth-order valence-corrected chi connectivity index (χ4v) is 1.46. The molecule has 0 aromatic heterocycles. The lowest BCUT2D eigenvalue weighted by molar-refractivity contribution is -0.139. The molecule has 0 amide bonds. The van der Waals surface area contributed by atoms with Gasteiger partial charge in [-0.05, 0) is 46.5 Å². The van der Waals surface area contributed by atoms with Crippen molar-refractivity contribution in [3.63, 3.8) is 0 Å². The van der Waals surface area contributed by atoms with Gasteiger partial charge in [-0.2, -0.15) is 0 Å². The van der Waals surface area contributed by atoms with E-state index in [9.17, 15) is 19.2 Å². The maximum atomic E-state index is 10.5. The Morgan fingerprint density at radius 1 is 0.543 bits per heavy atom. The number of hydrogen-bond donors (Lipinski definition) is 0. The predicted molar refractivity (Wildman–Crippen MR) is 152 cm³/mol. The Morgan fingerprint density at radius 3 is 1.09 bits per heavy atom. The van der Waals surface area contributed by atoms with Crippen molar-refractivity contribution in [2.24, 2.45) is 0 Å². The quantitative estimate of drug-likeness (QED) is 0.203. The summed E-state index contributed by atoms with van der Waals surface area (Å²) in [4.78, 5) is 41.1. The van der Waals surface area contributed by atoms with Crippen molar-refractivity contribution in [3.05, 3.63) is 61.8 Å². The smallest absolute Gasteiger partial charge is 0.309 e. The standard InChI is InChI=1S/C8H12O3.C7H12O.C6H12.C5H8O.C4H8/c1-7(9)5-3-4-6-8(10)11-2;1-3-4-5-6-7(2)8;1-3-5-6-4-2;1-3-4-5(2)6;1-3-4-2/h3-4H,5-6H2,1-2H3;4-5H,3,6H2,1-2H3;5-6H,3-4H2,1-2H3;3H,1,4H2,2H3;3H,1,4H2,2H3/b;5-4-;;;. The molecule has 0 spiro atoms. The van der Waals surface area contributed by atoms with Gasteiger partial charge in [-0.3, -0.25) is 19.2 Å². The zero-order chi connectivity index (χ0) is 28.3. The molecular weight excluding hydrogens is 440 g/mol. The molecule has 0 N–H and O–H groups in total. The summed E-state index contributed by atoms with van der Waals surface area (Å²) in [6, 6.07) is 0. The zero-order valence-corrected chi connectivity index (χ0v) is 23.7. The van der Waals surface area contributed by atoms with Gasteiger partial charge in [0.15, 0.2) is 0 Å². The Morgan fingerprint density at radius 2 is 0.857 bits per heavy atom. The zero-order valence-electron chi connectivity index (χ0n) is 23.7. The second kappa shape index (κ2) is 41.4. The average molecular weight is 493 g/mol. The average Bonchev–Trinajstić information content (AvgIpc) is 2.81. The van der Waals surface area contributed by atoms with Gasteiger partial charge >= 0.3 is 5.97 Å². The molecule has 0 saturated carbocycles. The van der Waals surface area contributed by atoms with Gasteiger partial charge < -0.3 is 4.74 Å². The molecule has 35 heavy (non-hydrogen) atoms. The predicted octanol–water partition coefficient (Wildman–Crippen LogP) is 8.11. The molecule has 0 aliphatic rings. The monoisotopic (exact) mass is 492 g/mol. The number of hydrogen-bond acceptors (Lipinski definition) is 5. The molecule has 0 radical (unpaired) electrons. The highest BCUT2D eigenvalue weighted by molar-refractivity contribution is 5.77. The van der Waals surface area contributed by atoms with Crippen LogP contribution in [-0.4, -0.2) is 30.4 Å². The SMILES string of the molecule is C=CCC.C=CCC(C)=O.CC/C=C\CC(C)=O.CCC=CCC.COC(=O)CC=CCC(C)=O. The van der Waals surface area contributed by atoms with Crippen molar-refractivity contribution in [2.45, 2.75) is 99.8 Å². The fourth-order valence-electron chi connectivity index (χ4n) is 1.46. The van der Waals surface area contributed by atoms with Gasteiger partial charge in [0.2, 0.25) is 0 Å². The number of carbonyl (C=O) groups excluding carboxylic acids is 4. The molecule has 0 heterocycles. The van der Waals surface area contributed by atoms with E-state index in [0.717, 1.165) is 12.8 Å². The largest absolute Gasteiger partial charge is 0.469 e. The Balaban J connectivity index is -0.000000112. The summed E-state index contributed by atoms with van der Waals surface area (Å²) in [7, 11) is 1.33. The summed E-state index contributed by atoms with van der Waals surface area (Å²) in [5.41, 5.74) is 0. The first-order chi connectivity index (χ1) is 16.5. The van der Waals surface area contributed by atoms with E-state index < -0.39 is 0 Å². The van der Waals surface area contributed by atoms with Crippen LogP contribution in [0.1, 0.15) is 99.8 Å². The van der Waals surface area contributed by atoms with Crippen LogP contribution in [0.25, 0.3) is 0 Å². The number of rotatable bonds is 12. The highest BCUT2D eigenvalue weighted by atomic mass is 16.5. The number of Topliss-reactive ketones (excluding diaryl/α,β-unsaturated/α-hetero) is 3. The molecule has 0 unspecified atom stereocenters. The second-order valence-electron chi connectivity index (χ2n) is 7.12. The second-order valence-corrected chi connectivity index (χ2v) is 7.12. The number of allylic oxidation sites excluding steroid dienone is 7. The van der Waals surface area contributed by atoms with E-state index in [1.807, 2.05) is 18.2 Å². The molecule has 0 bridgehead atoms. The van der Waals surface area contributed by atoms with Crippen molar-refractivity contribution in [3.8, 4) is 0 Å². The minimum Gasteiger partial charge on any atom is -0.469 e. The molecule has 5 heteroatoms. The first-order valence-corrected chi connectivity index (χ1v) is 12.3. The van der Waals surface area contributed by atoms with Gasteiger partial charge in [0.1, 0.15) is 17.3 Å². The van der Waals surface area contributed by atoms with Gasteiger partial charge in [-0.1, -0.05) is 76.3 Å². The molecule has 0 saturated heterocycles. The topological polar surface area (TPSA) is 77.5 Å². The summed E-state index contributed by atoms with van der Waals surface area (Å²) in [5, 5.41) is 0. The van der Waals surface area contributed by atoms with Gasteiger partial charge in [-0.25, -0.2) is 0 Å². The third kappa shape index (κ3) is 80.3. The maximum absolute atomic E-state index is 10.5. The number of carbonyl (C=O) groups is 4. The highest BCUT2D eigenvalue weighted by Gasteiger charge is 1.93. The molecule has 202 valence electrons. The maximum Gasteiger partial charge on any atom is 0.309 e. The van der Waals surface area contributed by atoms with E-state index in [0.29, 0.717) is 19.3 Å². The van der Waals surface area contributed by atoms with Crippen molar-refractivity contribution in [1.82, 2.24) is 0 Å². The lowest BCUT2D eigenvalue weighted by Crippen LogP contribution is -1.96. The van der Waals surface area contributed by atoms with Crippen molar-refractivity contribution >= 4 is 23.3 Å². The molecule has 0 atom stereocenters. The third-order valence-corrected chi connectivity index (χ3v) is 3.25. The number of methoxy groups -OCH3 is 1. The Kier molecular flexibility index (Phi) is 50.1. The van der Waals surface area contributed by atoms with E-state index in [1.54, 1.807) is 32.1 Å². The molecule has 0 aromatic rings. The summed E-state index contributed by atoms with van der Waals surface area (Å²) in [5.74, 6) is 0.204. The number of ketones is 3. The molecule has 0 aromatic carbocycles. The number of esters is 1. The Hall–Kier alpha value is -2.82. The molecule has 5 nitrogen and oxygen atoms in total. The van der Waals surface area contributed by atoms with Crippen LogP contribution in [0.2, 0.25) is 0 Å². The minimum atomic E-state index is -0.287. The molecular formula is C30H52O5. The van der Waals surface area contributed by atoms with Gasteiger partial charge in [-0.15, -0.1) is 13.2 Å². The van der Waals surface area contributed by atoms with Crippen LogP contribution < -0.4 is 0 Å². The van der Waals surface area contributed by atoms with E-state index in [4.69, 9.17) is 0 Å². The first-order valence-electron chi connectivity index (χ1n) is 12.3. The van der Waals surface area contributed by atoms with Crippen LogP contribution in [-0.2, 0) is 23.9 Å². The van der Waals surface area contributed by atoms with Crippen molar-refractivity contribution < 1.29 is 23.9 Å². The molecule has 0 rings (SSSR count). The van der Waals surface area contributed by atoms with Crippen LogP contribution in [0, 0.1) is 0 Å². The van der Waals surface area contributed by atoms with Crippen LogP contribution in [0.15, 0.2) is 61.8 Å². The van der Waals surface area contributed by atoms with Crippen molar-refractivity contribution in [2.75, 3.05) is 7.11 Å². The Bertz CT molecular complexity index is 604. The molecule has 0 aliphatic carbocycles.